The molecule has 0 radical (unpaired) electrons. The lowest BCUT2D eigenvalue weighted by atomic mass is 10.0. The molecular formula is C19H20N2O4. The minimum atomic E-state index is -0.410. The predicted octanol–water partition coefficient (Wildman–Crippen LogP) is 2.99. The molecule has 6 heteroatoms. The zero-order chi connectivity index (χ0) is 18.0. The fourth-order valence-corrected chi connectivity index (χ4v) is 2.95. The molecule has 0 saturated heterocycles. The average molecular weight is 340 g/mol. The molecule has 2 aromatic rings. The summed E-state index contributed by atoms with van der Waals surface area (Å²) in [4.78, 5) is 38.5. The molecule has 1 aliphatic rings. The quantitative estimate of drug-likeness (QED) is 0.820. The van der Waals surface area contributed by atoms with E-state index >= 15 is 0 Å². The van der Waals surface area contributed by atoms with E-state index in [0.717, 1.165) is 17.7 Å². The van der Waals surface area contributed by atoms with Crippen LogP contribution >= 0.6 is 0 Å². The number of imide groups is 1. The van der Waals surface area contributed by atoms with Gasteiger partial charge in [-0.2, -0.15) is 0 Å². The predicted molar refractivity (Wildman–Crippen MR) is 91.2 cm³/mol. The minimum Gasteiger partial charge on any atom is -0.467 e. The van der Waals surface area contributed by atoms with Crippen LogP contribution in [0.5, 0.6) is 0 Å². The highest BCUT2D eigenvalue weighted by molar-refractivity contribution is 6.22. The van der Waals surface area contributed by atoms with E-state index in [-0.39, 0.29) is 30.0 Å². The minimum absolute atomic E-state index is 0.0542. The van der Waals surface area contributed by atoms with Crippen LogP contribution in [0, 0.1) is 0 Å². The third-order valence-corrected chi connectivity index (χ3v) is 4.23. The van der Waals surface area contributed by atoms with Crippen LogP contribution in [0.4, 0.5) is 0 Å². The summed E-state index contributed by atoms with van der Waals surface area (Å²) in [6, 6.07) is 8.07. The van der Waals surface area contributed by atoms with Gasteiger partial charge in [0.1, 0.15) is 5.76 Å². The zero-order valence-corrected chi connectivity index (χ0v) is 14.2. The van der Waals surface area contributed by atoms with Crippen LogP contribution < -0.4 is 5.32 Å². The molecule has 1 aromatic heterocycles. The number of hydrogen-bond donors (Lipinski definition) is 1. The Kier molecular flexibility index (Phi) is 4.70. The molecule has 1 N–H and O–H groups in total. The third kappa shape index (κ3) is 3.33. The van der Waals surface area contributed by atoms with Crippen molar-refractivity contribution in [3.05, 3.63) is 59.0 Å². The summed E-state index contributed by atoms with van der Waals surface area (Å²) >= 11 is 0. The summed E-state index contributed by atoms with van der Waals surface area (Å²) < 4.78 is 5.21. The number of furan rings is 1. The fraction of sp³-hybridized carbons (Fsp3) is 0.316. The number of nitrogens with one attached hydrogen (secondary N) is 1. The van der Waals surface area contributed by atoms with E-state index in [1.165, 1.54) is 18.4 Å². The lowest BCUT2D eigenvalue weighted by molar-refractivity contribution is 0.0631. The van der Waals surface area contributed by atoms with Gasteiger partial charge in [-0.05, 0) is 43.7 Å². The van der Waals surface area contributed by atoms with Crippen LogP contribution in [0.1, 0.15) is 63.5 Å². The number of nitrogens with zero attached hydrogens (tertiary/aromatic N) is 1. The number of hydrogen-bond acceptors (Lipinski definition) is 4. The van der Waals surface area contributed by atoms with E-state index in [9.17, 15) is 14.4 Å². The molecule has 3 rings (SSSR count). The number of fused-ring (bicyclic) bond motifs is 1. The van der Waals surface area contributed by atoms with Gasteiger partial charge in [0.25, 0.3) is 17.7 Å². The first-order valence-electron chi connectivity index (χ1n) is 8.34. The average Bonchev–Trinajstić information content (AvgIpc) is 3.18. The Balaban J connectivity index is 1.80. The van der Waals surface area contributed by atoms with Gasteiger partial charge in [-0.3, -0.25) is 19.3 Å². The van der Waals surface area contributed by atoms with Gasteiger partial charge in [-0.25, -0.2) is 0 Å². The van der Waals surface area contributed by atoms with Crippen molar-refractivity contribution < 1.29 is 18.8 Å². The van der Waals surface area contributed by atoms with Crippen LogP contribution in [-0.2, 0) is 6.54 Å². The molecule has 1 aromatic carbocycles. The smallest absolute Gasteiger partial charge is 0.261 e. The van der Waals surface area contributed by atoms with Gasteiger partial charge >= 0.3 is 0 Å². The van der Waals surface area contributed by atoms with Gasteiger partial charge in [0.05, 0.1) is 23.9 Å². The summed E-state index contributed by atoms with van der Waals surface area (Å²) in [5, 5.41) is 2.90. The maximum atomic E-state index is 12.6. The van der Waals surface area contributed by atoms with Crippen molar-refractivity contribution >= 4 is 17.7 Å². The molecule has 1 atom stereocenters. The van der Waals surface area contributed by atoms with Crippen molar-refractivity contribution in [2.24, 2.45) is 0 Å². The highest BCUT2D eigenvalue weighted by Gasteiger charge is 2.36. The summed E-state index contributed by atoms with van der Waals surface area (Å²) in [6.07, 6.45) is 3.35. The van der Waals surface area contributed by atoms with Gasteiger partial charge < -0.3 is 9.73 Å². The topological polar surface area (TPSA) is 79.6 Å². The monoisotopic (exact) mass is 340 g/mol. The standard InChI is InChI=1S/C19H20N2O4/c1-3-5-12(2)20-17(22)13-7-8-15-16(10-13)19(24)21(18(15)23)11-14-6-4-9-25-14/h4,6-10,12H,3,5,11H2,1-2H3,(H,20,22)/t12-/m0/s1. The van der Waals surface area contributed by atoms with Crippen LogP contribution in [0.25, 0.3) is 0 Å². The number of rotatable bonds is 6. The molecule has 3 amide bonds. The maximum absolute atomic E-state index is 12.6. The molecule has 25 heavy (non-hydrogen) atoms. The van der Waals surface area contributed by atoms with E-state index < -0.39 is 5.91 Å². The lowest BCUT2D eigenvalue weighted by Crippen LogP contribution is -2.32. The summed E-state index contributed by atoms with van der Waals surface area (Å²) in [6.45, 7) is 4.07. The number of benzene rings is 1. The normalized spacial score (nSPS) is 14.6. The van der Waals surface area contributed by atoms with Crippen LogP contribution in [0.2, 0.25) is 0 Å². The highest BCUT2D eigenvalue weighted by Crippen LogP contribution is 2.25. The van der Waals surface area contributed by atoms with Crippen molar-refractivity contribution in [2.75, 3.05) is 0 Å². The molecule has 130 valence electrons. The van der Waals surface area contributed by atoms with Crippen molar-refractivity contribution in [3.8, 4) is 0 Å². The van der Waals surface area contributed by atoms with Gasteiger partial charge in [-0.1, -0.05) is 13.3 Å². The lowest BCUT2D eigenvalue weighted by Gasteiger charge is -2.13. The largest absolute Gasteiger partial charge is 0.467 e. The maximum Gasteiger partial charge on any atom is 0.261 e. The first kappa shape index (κ1) is 17.0. The summed E-state index contributed by atoms with van der Waals surface area (Å²) in [5.41, 5.74) is 0.949. The number of carbonyl (C=O) groups is 3. The third-order valence-electron chi connectivity index (χ3n) is 4.23. The molecule has 2 heterocycles. The Hall–Kier alpha value is -2.89. The Morgan fingerprint density at radius 2 is 1.96 bits per heavy atom. The second-order valence-corrected chi connectivity index (χ2v) is 6.20. The summed E-state index contributed by atoms with van der Waals surface area (Å²) in [7, 11) is 0. The molecule has 6 nitrogen and oxygen atoms in total. The number of amides is 3. The van der Waals surface area contributed by atoms with Crippen LogP contribution in [-0.4, -0.2) is 28.7 Å². The Labute approximate surface area is 145 Å². The Bertz CT molecular complexity index is 811. The highest BCUT2D eigenvalue weighted by atomic mass is 16.3. The molecule has 0 unspecified atom stereocenters. The van der Waals surface area contributed by atoms with E-state index in [2.05, 4.69) is 12.2 Å². The number of carbonyl (C=O) groups excluding carboxylic acids is 3. The molecule has 0 bridgehead atoms. The molecule has 0 fully saturated rings. The molecule has 0 saturated carbocycles. The Morgan fingerprint density at radius 3 is 2.64 bits per heavy atom. The van der Waals surface area contributed by atoms with Gasteiger partial charge in [-0.15, -0.1) is 0 Å². The van der Waals surface area contributed by atoms with Crippen LogP contribution in [0.15, 0.2) is 41.0 Å². The van der Waals surface area contributed by atoms with Crippen molar-refractivity contribution in [2.45, 2.75) is 39.3 Å². The van der Waals surface area contributed by atoms with E-state index in [1.807, 2.05) is 6.92 Å². The summed E-state index contributed by atoms with van der Waals surface area (Å²) in [5.74, 6) is -0.496. The van der Waals surface area contributed by atoms with Gasteiger partial charge in [0.2, 0.25) is 0 Å². The van der Waals surface area contributed by atoms with Crippen molar-refractivity contribution in [3.63, 3.8) is 0 Å². The van der Waals surface area contributed by atoms with E-state index in [0.29, 0.717) is 16.9 Å². The second kappa shape index (κ2) is 6.93. The zero-order valence-electron chi connectivity index (χ0n) is 14.2. The Morgan fingerprint density at radius 1 is 1.20 bits per heavy atom. The molecular weight excluding hydrogens is 320 g/mol. The first-order chi connectivity index (χ1) is 12.0. The SMILES string of the molecule is CCC[C@H](C)NC(=O)c1ccc2c(c1)C(=O)N(Cc1ccco1)C2=O. The van der Waals surface area contributed by atoms with Gasteiger partial charge in [0.15, 0.2) is 0 Å². The van der Waals surface area contributed by atoms with Crippen molar-refractivity contribution in [1.82, 2.24) is 10.2 Å². The van der Waals surface area contributed by atoms with E-state index in [1.54, 1.807) is 18.2 Å². The van der Waals surface area contributed by atoms with Crippen LogP contribution in [0.3, 0.4) is 0 Å². The molecule has 1 aliphatic heterocycles. The fourth-order valence-electron chi connectivity index (χ4n) is 2.95. The van der Waals surface area contributed by atoms with Crippen molar-refractivity contribution in [1.29, 1.82) is 0 Å². The first-order valence-corrected chi connectivity index (χ1v) is 8.34. The molecule has 0 spiro atoms. The van der Waals surface area contributed by atoms with E-state index in [4.69, 9.17) is 4.42 Å². The van der Waals surface area contributed by atoms with Gasteiger partial charge in [0, 0.05) is 11.6 Å². The second-order valence-electron chi connectivity index (χ2n) is 6.20. The molecule has 0 aliphatic carbocycles.